The summed E-state index contributed by atoms with van der Waals surface area (Å²) in [5.74, 6) is 2.40. The third-order valence-corrected chi connectivity index (χ3v) is 2.79. The van der Waals surface area contributed by atoms with Gasteiger partial charge in [0.1, 0.15) is 0 Å². The van der Waals surface area contributed by atoms with Gasteiger partial charge in [-0.3, -0.25) is 5.10 Å². The molecule has 0 atom stereocenters. The smallest absolute Gasteiger partial charge is 0.0522 e. The van der Waals surface area contributed by atoms with Crippen molar-refractivity contribution >= 4 is 11.8 Å². The average Bonchev–Trinajstić information content (AvgIpc) is 2.52. The number of hydrogen-bond acceptors (Lipinski definition) is 2. The normalized spacial score (nSPS) is 10.5. The largest absolute Gasteiger partial charge is 0.282 e. The van der Waals surface area contributed by atoms with Crippen LogP contribution in [0.25, 0.3) is 0 Å². The van der Waals surface area contributed by atoms with Gasteiger partial charge in [-0.15, -0.1) is 0 Å². The van der Waals surface area contributed by atoms with Crippen LogP contribution in [0.2, 0.25) is 0 Å². The highest BCUT2D eigenvalue weighted by atomic mass is 32.2. The molecule has 1 heterocycles. The lowest BCUT2D eigenvalue weighted by Gasteiger charge is -1.99. The van der Waals surface area contributed by atoms with E-state index in [1.807, 2.05) is 18.0 Å². The van der Waals surface area contributed by atoms with E-state index >= 15 is 0 Å². The van der Waals surface area contributed by atoms with Crippen LogP contribution in [0.4, 0.5) is 0 Å². The lowest BCUT2D eigenvalue weighted by Crippen LogP contribution is -1.93. The first-order valence-electron chi connectivity index (χ1n) is 4.47. The van der Waals surface area contributed by atoms with Gasteiger partial charge in [0.05, 0.1) is 6.20 Å². The highest BCUT2D eigenvalue weighted by molar-refractivity contribution is 7.99. The van der Waals surface area contributed by atoms with E-state index in [2.05, 4.69) is 24.0 Å². The van der Waals surface area contributed by atoms with E-state index in [9.17, 15) is 0 Å². The molecule has 0 aliphatic rings. The molecular weight excluding hydrogens is 168 g/mol. The fraction of sp³-hybridized carbons (Fsp3) is 0.667. The van der Waals surface area contributed by atoms with Crippen molar-refractivity contribution in [3.05, 3.63) is 17.5 Å². The Morgan fingerprint density at radius 2 is 2.33 bits per heavy atom. The van der Waals surface area contributed by atoms with Crippen LogP contribution < -0.4 is 0 Å². The maximum atomic E-state index is 4.04. The Morgan fingerprint density at radius 1 is 1.50 bits per heavy atom. The summed E-state index contributed by atoms with van der Waals surface area (Å²) < 4.78 is 0. The van der Waals surface area contributed by atoms with Gasteiger partial charge in [0.2, 0.25) is 0 Å². The van der Waals surface area contributed by atoms with Crippen LogP contribution >= 0.6 is 11.8 Å². The molecule has 0 amide bonds. The molecule has 2 nitrogen and oxygen atoms in total. The van der Waals surface area contributed by atoms with Gasteiger partial charge in [-0.25, -0.2) is 0 Å². The predicted octanol–water partition coefficient (Wildman–Crippen LogP) is 2.27. The van der Waals surface area contributed by atoms with Crippen molar-refractivity contribution in [1.82, 2.24) is 10.2 Å². The topological polar surface area (TPSA) is 28.7 Å². The molecule has 0 aliphatic carbocycles. The second kappa shape index (κ2) is 5.25. The Labute approximate surface area is 78.1 Å². The standard InChI is InChI=1S/C9H16N2S/c1-3-8-7-10-11-9(8)5-6-12-4-2/h7H,3-6H2,1-2H3,(H,10,11). The lowest BCUT2D eigenvalue weighted by atomic mass is 10.2. The monoisotopic (exact) mass is 184 g/mol. The number of aromatic amines is 1. The Kier molecular flexibility index (Phi) is 4.22. The van der Waals surface area contributed by atoms with Gasteiger partial charge in [-0.05, 0) is 29.9 Å². The average molecular weight is 184 g/mol. The third kappa shape index (κ3) is 2.55. The second-order valence-corrected chi connectivity index (χ2v) is 4.07. The summed E-state index contributed by atoms with van der Waals surface area (Å²) in [4.78, 5) is 0. The van der Waals surface area contributed by atoms with Crippen molar-refractivity contribution in [1.29, 1.82) is 0 Å². The third-order valence-electron chi connectivity index (χ3n) is 1.89. The summed E-state index contributed by atoms with van der Waals surface area (Å²) in [5, 5.41) is 7.09. The van der Waals surface area contributed by atoms with Crippen LogP contribution in [-0.2, 0) is 12.8 Å². The molecule has 1 rings (SSSR count). The van der Waals surface area contributed by atoms with E-state index in [1.165, 1.54) is 22.8 Å². The van der Waals surface area contributed by atoms with Crippen LogP contribution in [0.5, 0.6) is 0 Å². The fourth-order valence-corrected chi connectivity index (χ4v) is 1.81. The Bertz CT molecular complexity index is 220. The van der Waals surface area contributed by atoms with Gasteiger partial charge in [0.15, 0.2) is 0 Å². The Hall–Kier alpha value is -0.440. The van der Waals surface area contributed by atoms with E-state index in [0.717, 1.165) is 12.8 Å². The molecule has 0 spiro atoms. The summed E-state index contributed by atoms with van der Waals surface area (Å²) in [7, 11) is 0. The number of H-pyrrole nitrogens is 1. The van der Waals surface area contributed by atoms with Crippen molar-refractivity contribution < 1.29 is 0 Å². The molecule has 68 valence electrons. The number of thioether (sulfide) groups is 1. The van der Waals surface area contributed by atoms with E-state index in [4.69, 9.17) is 0 Å². The molecule has 0 aliphatic heterocycles. The van der Waals surface area contributed by atoms with Gasteiger partial charge in [-0.2, -0.15) is 16.9 Å². The molecule has 0 saturated heterocycles. The van der Waals surface area contributed by atoms with E-state index in [-0.39, 0.29) is 0 Å². The van der Waals surface area contributed by atoms with Crippen LogP contribution in [-0.4, -0.2) is 21.7 Å². The molecule has 0 fully saturated rings. The summed E-state index contributed by atoms with van der Waals surface area (Å²) >= 11 is 1.98. The second-order valence-electron chi connectivity index (χ2n) is 2.67. The lowest BCUT2D eigenvalue weighted by molar-refractivity contribution is 0.963. The van der Waals surface area contributed by atoms with Gasteiger partial charge in [0, 0.05) is 5.69 Å². The number of aromatic nitrogens is 2. The first kappa shape index (κ1) is 9.65. The number of nitrogens with zero attached hydrogens (tertiary/aromatic N) is 1. The van der Waals surface area contributed by atoms with Gasteiger partial charge in [-0.1, -0.05) is 13.8 Å². The predicted molar refractivity (Wildman–Crippen MR) is 54.7 cm³/mol. The zero-order valence-electron chi connectivity index (χ0n) is 7.76. The minimum absolute atomic E-state index is 1.09. The number of rotatable bonds is 5. The van der Waals surface area contributed by atoms with Gasteiger partial charge < -0.3 is 0 Å². The van der Waals surface area contributed by atoms with Crippen molar-refractivity contribution in [2.45, 2.75) is 26.7 Å². The quantitative estimate of drug-likeness (QED) is 0.711. The number of hydrogen-bond donors (Lipinski definition) is 1. The summed E-state index contributed by atoms with van der Waals surface area (Å²) in [6.45, 7) is 4.36. The maximum absolute atomic E-state index is 4.04. The van der Waals surface area contributed by atoms with E-state index in [1.54, 1.807) is 0 Å². The minimum atomic E-state index is 1.09. The number of nitrogens with one attached hydrogen (secondary N) is 1. The first-order chi connectivity index (χ1) is 5.88. The minimum Gasteiger partial charge on any atom is -0.282 e. The molecule has 0 unspecified atom stereocenters. The molecule has 0 radical (unpaired) electrons. The molecule has 1 aromatic rings. The zero-order valence-corrected chi connectivity index (χ0v) is 8.58. The van der Waals surface area contributed by atoms with Crippen LogP contribution in [0.1, 0.15) is 25.1 Å². The molecule has 1 aromatic heterocycles. The highest BCUT2D eigenvalue weighted by Crippen LogP contribution is 2.09. The van der Waals surface area contributed by atoms with Crippen molar-refractivity contribution in [2.24, 2.45) is 0 Å². The Balaban J connectivity index is 2.39. The fourth-order valence-electron chi connectivity index (χ4n) is 1.18. The van der Waals surface area contributed by atoms with Crippen molar-refractivity contribution in [3.8, 4) is 0 Å². The molecular formula is C9H16N2S. The van der Waals surface area contributed by atoms with Gasteiger partial charge in [0.25, 0.3) is 0 Å². The Morgan fingerprint density at radius 3 is 3.00 bits per heavy atom. The maximum Gasteiger partial charge on any atom is 0.0522 e. The molecule has 0 aromatic carbocycles. The SMILES string of the molecule is CCSCCc1[nH]ncc1CC. The summed E-state index contributed by atoms with van der Waals surface area (Å²) in [6, 6.07) is 0. The van der Waals surface area contributed by atoms with Crippen molar-refractivity contribution in [2.75, 3.05) is 11.5 Å². The van der Waals surface area contributed by atoms with Crippen LogP contribution in [0, 0.1) is 0 Å². The first-order valence-corrected chi connectivity index (χ1v) is 5.62. The van der Waals surface area contributed by atoms with Crippen LogP contribution in [0.3, 0.4) is 0 Å². The molecule has 12 heavy (non-hydrogen) atoms. The van der Waals surface area contributed by atoms with Gasteiger partial charge >= 0.3 is 0 Å². The molecule has 0 saturated carbocycles. The molecule has 0 bridgehead atoms. The summed E-state index contributed by atoms with van der Waals surface area (Å²) in [6.07, 6.45) is 4.15. The zero-order chi connectivity index (χ0) is 8.81. The molecule has 3 heteroatoms. The van der Waals surface area contributed by atoms with Crippen molar-refractivity contribution in [3.63, 3.8) is 0 Å². The van der Waals surface area contributed by atoms with Crippen LogP contribution in [0.15, 0.2) is 6.20 Å². The highest BCUT2D eigenvalue weighted by Gasteiger charge is 2.01. The number of aryl methyl sites for hydroxylation is 2. The van der Waals surface area contributed by atoms with E-state index in [0.29, 0.717) is 0 Å². The summed E-state index contributed by atoms with van der Waals surface area (Å²) in [5.41, 5.74) is 2.69. The van der Waals surface area contributed by atoms with E-state index < -0.39 is 0 Å². The molecule has 1 N–H and O–H groups in total.